The van der Waals surface area contributed by atoms with Gasteiger partial charge in [0.2, 0.25) is 5.91 Å². The Kier molecular flexibility index (Phi) is 5.80. The molecule has 0 unspecified atom stereocenters. The summed E-state index contributed by atoms with van der Waals surface area (Å²) in [6.45, 7) is 0. The van der Waals surface area contributed by atoms with Gasteiger partial charge in [-0.1, -0.05) is 16.8 Å². The number of amidine groups is 1. The van der Waals surface area contributed by atoms with E-state index < -0.39 is 0 Å². The Hall–Kier alpha value is -1.40. The summed E-state index contributed by atoms with van der Waals surface area (Å²) in [4.78, 5) is 11.6. The van der Waals surface area contributed by atoms with Gasteiger partial charge in [0.1, 0.15) is 0 Å². The van der Waals surface area contributed by atoms with Crippen LogP contribution in [0.4, 0.5) is 5.69 Å². The maximum atomic E-state index is 11.6. The van der Waals surface area contributed by atoms with Gasteiger partial charge in [-0.2, -0.15) is 11.8 Å². The third-order valence-electron chi connectivity index (χ3n) is 2.18. The van der Waals surface area contributed by atoms with Gasteiger partial charge in [0.25, 0.3) is 0 Å². The number of carbonyl (C=O) groups excluding carboxylic acids is 1. The Labute approximate surface area is 114 Å². The fraction of sp³-hybridized carbons (Fsp3) is 0.273. The van der Waals surface area contributed by atoms with E-state index in [2.05, 4.69) is 10.5 Å². The number of nitrogens with one attached hydrogen (secondary N) is 1. The lowest BCUT2D eigenvalue weighted by molar-refractivity contribution is -0.115. The molecular formula is C11H14ClN3O2S. The summed E-state index contributed by atoms with van der Waals surface area (Å²) < 4.78 is 0. The Bertz CT molecular complexity index is 466. The van der Waals surface area contributed by atoms with Crippen molar-refractivity contribution in [1.82, 2.24) is 0 Å². The number of carbonyl (C=O) groups is 1. The average molecular weight is 288 g/mol. The molecule has 0 heterocycles. The maximum absolute atomic E-state index is 11.6. The summed E-state index contributed by atoms with van der Waals surface area (Å²) in [7, 11) is 0. The number of hydrogen-bond donors (Lipinski definition) is 3. The van der Waals surface area contributed by atoms with E-state index >= 15 is 0 Å². The van der Waals surface area contributed by atoms with Gasteiger partial charge in [-0.15, -0.1) is 0 Å². The highest BCUT2D eigenvalue weighted by Crippen LogP contribution is 2.23. The van der Waals surface area contributed by atoms with Gasteiger partial charge in [0.05, 0.1) is 10.7 Å². The van der Waals surface area contributed by atoms with Crippen LogP contribution in [-0.4, -0.2) is 29.0 Å². The first kappa shape index (κ1) is 14.7. The number of halogens is 1. The molecule has 0 bridgehead atoms. The first-order chi connectivity index (χ1) is 8.58. The van der Waals surface area contributed by atoms with Gasteiger partial charge >= 0.3 is 0 Å². The van der Waals surface area contributed by atoms with Gasteiger partial charge in [-0.25, -0.2) is 0 Å². The van der Waals surface area contributed by atoms with Crippen LogP contribution in [0.5, 0.6) is 0 Å². The highest BCUT2D eigenvalue weighted by molar-refractivity contribution is 7.98. The second-order valence-corrected chi connectivity index (χ2v) is 4.86. The number of hydrogen-bond acceptors (Lipinski definition) is 4. The molecule has 98 valence electrons. The Morgan fingerprint density at radius 1 is 1.61 bits per heavy atom. The highest BCUT2D eigenvalue weighted by atomic mass is 35.5. The fourth-order valence-corrected chi connectivity index (χ4v) is 1.80. The van der Waals surface area contributed by atoms with Crippen LogP contribution in [0.1, 0.15) is 12.0 Å². The molecule has 18 heavy (non-hydrogen) atoms. The van der Waals surface area contributed by atoms with E-state index in [1.165, 1.54) is 0 Å². The molecule has 0 fully saturated rings. The van der Waals surface area contributed by atoms with E-state index in [9.17, 15) is 4.79 Å². The molecule has 0 spiro atoms. The first-order valence-electron chi connectivity index (χ1n) is 5.14. The molecule has 1 amide bonds. The smallest absolute Gasteiger partial charge is 0.225 e. The predicted octanol–water partition coefficient (Wildman–Crippen LogP) is 2.13. The van der Waals surface area contributed by atoms with Gasteiger partial charge in [0, 0.05) is 17.7 Å². The standard InChI is InChI=1S/C11H14ClN3O2S/c1-18-5-4-10(16)14-9-6-7(11(13)15-17)2-3-8(9)12/h2-3,6,17H,4-5H2,1H3,(H2,13,15)(H,14,16). The molecule has 0 atom stereocenters. The monoisotopic (exact) mass is 287 g/mol. The molecule has 0 radical (unpaired) electrons. The molecule has 4 N–H and O–H groups in total. The summed E-state index contributed by atoms with van der Waals surface area (Å²) >= 11 is 7.55. The second kappa shape index (κ2) is 7.13. The third-order valence-corrected chi connectivity index (χ3v) is 3.12. The molecule has 0 aromatic heterocycles. The minimum atomic E-state index is -0.122. The van der Waals surface area contributed by atoms with E-state index in [4.69, 9.17) is 22.5 Å². The highest BCUT2D eigenvalue weighted by Gasteiger charge is 2.08. The van der Waals surface area contributed by atoms with Gasteiger partial charge in [0.15, 0.2) is 5.84 Å². The lowest BCUT2D eigenvalue weighted by Crippen LogP contribution is -2.16. The van der Waals surface area contributed by atoms with E-state index in [0.29, 0.717) is 22.7 Å². The van der Waals surface area contributed by atoms with Crippen LogP contribution in [-0.2, 0) is 4.79 Å². The number of rotatable bonds is 5. The van der Waals surface area contributed by atoms with Gasteiger partial charge < -0.3 is 16.3 Å². The van der Waals surface area contributed by atoms with E-state index in [1.54, 1.807) is 30.0 Å². The summed E-state index contributed by atoms with van der Waals surface area (Å²) in [5.41, 5.74) is 6.40. The zero-order valence-corrected chi connectivity index (χ0v) is 11.4. The van der Waals surface area contributed by atoms with Crippen molar-refractivity contribution >= 4 is 40.8 Å². The SMILES string of the molecule is CSCCC(=O)Nc1cc(C(N)=NO)ccc1Cl. The van der Waals surface area contributed by atoms with Crippen LogP contribution in [0.3, 0.4) is 0 Å². The molecule has 0 saturated heterocycles. The molecule has 0 aliphatic rings. The van der Waals surface area contributed by atoms with Gasteiger partial charge in [-0.3, -0.25) is 4.79 Å². The molecule has 1 rings (SSSR count). The lowest BCUT2D eigenvalue weighted by Gasteiger charge is -2.08. The maximum Gasteiger partial charge on any atom is 0.225 e. The number of benzene rings is 1. The fourth-order valence-electron chi connectivity index (χ4n) is 1.25. The minimum absolute atomic E-state index is 0.0359. The van der Waals surface area contributed by atoms with Crippen LogP contribution in [0, 0.1) is 0 Å². The van der Waals surface area contributed by atoms with E-state index in [0.717, 1.165) is 5.75 Å². The molecule has 0 aliphatic heterocycles. The van der Waals surface area contributed by atoms with Crippen molar-refractivity contribution in [2.24, 2.45) is 10.9 Å². The molecule has 1 aromatic rings. The van der Waals surface area contributed by atoms with Crippen LogP contribution < -0.4 is 11.1 Å². The first-order valence-corrected chi connectivity index (χ1v) is 6.92. The number of oxime groups is 1. The largest absolute Gasteiger partial charge is 0.409 e. The Morgan fingerprint density at radius 3 is 2.94 bits per heavy atom. The van der Waals surface area contributed by atoms with Crippen molar-refractivity contribution in [3.63, 3.8) is 0 Å². The van der Waals surface area contributed by atoms with E-state index in [1.807, 2.05) is 6.26 Å². The molecule has 0 saturated carbocycles. The van der Waals surface area contributed by atoms with Crippen molar-refractivity contribution < 1.29 is 10.0 Å². The summed E-state index contributed by atoms with van der Waals surface area (Å²) in [5, 5.41) is 14.6. The van der Waals surface area contributed by atoms with Crippen LogP contribution in [0.2, 0.25) is 5.02 Å². The third kappa shape index (κ3) is 4.12. The minimum Gasteiger partial charge on any atom is -0.409 e. The van der Waals surface area contributed by atoms with E-state index in [-0.39, 0.29) is 11.7 Å². The number of amides is 1. The zero-order chi connectivity index (χ0) is 13.5. The van der Waals surface area contributed by atoms with Crippen molar-refractivity contribution in [3.8, 4) is 0 Å². The van der Waals surface area contributed by atoms with Gasteiger partial charge in [-0.05, 0) is 24.5 Å². The number of anilines is 1. The summed E-state index contributed by atoms with van der Waals surface area (Å²) in [5.74, 6) is 0.581. The lowest BCUT2D eigenvalue weighted by atomic mass is 10.2. The second-order valence-electron chi connectivity index (χ2n) is 3.47. The van der Waals surface area contributed by atoms with Crippen molar-refractivity contribution in [3.05, 3.63) is 28.8 Å². The predicted molar refractivity (Wildman–Crippen MR) is 75.6 cm³/mol. The number of nitrogens with zero attached hydrogens (tertiary/aromatic N) is 1. The number of thioether (sulfide) groups is 1. The zero-order valence-electron chi connectivity index (χ0n) is 9.81. The van der Waals surface area contributed by atoms with Crippen LogP contribution in [0.15, 0.2) is 23.4 Å². The van der Waals surface area contributed by atoms with Crippen molar-refractivity contribution in [2.45, 2.75) is 6.42 Å². The summed E-state index contributed by atoms with van der Waals surface area (Å²) in [6.07, 6.45) is 2.34. The van der Waals surface area contributed by atoms with Crippen molar-refractivity contribution in [2.75, 3.05) is 17.3 Å². The molecule has 7 heteroatoms. The quantitative estimate of drug-likeness (QED) is 0.335. The average Bonchev–Trinajstić information content (AvgIpc) is 2.38. The molecule has 0 aliphatic carbocycles. The molecular weight excluding hydrogens is 274 g/mol. The van der Waals surface area contributed by atoms with Crippen LogP contribution >= 0.6 is 23.4 Å². The Morgan fingerprint density at radius 2 is 2.33 bits per heavy atom. The topological polar surface area (TPSA) is 87.7 Å². The molecule has 1 aromatic carbocycles. The normalized spacial score (nSPS) is 11.3. The number of nitrogens with two attached hydrogens (primary N) is 1. The summed E-state index contributed by atoms with van der Waals surface area (Å²) in [6, 6.07) is 4.75. The molecule has 5 nitrogen and oxygen atoms in total. The van der Waals surface area contributed by atoms with Crippen LogP contribution in [0.25, 0.3) is 0 Å². The van der Waals surface area contributed by atoms with Crippen molar-refractivity contribution in [1.29, 1.82) is 0 Å². The Balaban J connectivity index is 2.84.